The van der Waals surface area contributed by atoms with Crippen LogP contribution in [0.25, 0.3) is 0 Å². The van der Waals surface area contributed by atoms with Crippen LogP contribution in [0.3, 0.4) is 0 Å². The van der Waals surface area contributed by atoms with Crippen LogP contribution in [0.15, 0.2) is 11.6 Å². The third kappa shape index (κ3) is 5.23. The van der Waals surface area contributed by atoms with Crippen molar-refractivity contribution in [3.63, 3.8) is 0 Å². The standard InChI is InChI=1S/C11H20O8/c1-3-5(2)10(17)19-11(18)9(16)8(15)7(14)6(13)4-12/h3,6-9,11-16,18H,4H2,1-2H3/t6-,7-,8+,9-,11?/m1/s1. The second-order valence-corrected chi connectivity index (χ2v) is 3.99. The molecule has 112 valence electrons. The molecule has 0 fully saturated rings. The van der Waals surface area contributed by atoms with Crippen molar-refractivity contribution in [3.8, 4) is 0 Å². The number of carbonyl (C=O) groups is 1. The van der Waals surface area contributed by atoms with Gasteiger partial charge in [-0.05, 0) is 13.8 Å². The number of hydrogen-bond acceptors (Lipinski definition) is 8. The van der Waals surface area contributed by atoms with Gasteiger partial charge >= 0.3 is 5.97 Å². The zero-order chi connectivity index (χ0) is 15.2. The van der Waals surface area contributed by atoms with E-state index in [1.807, 2.05) is 0 Å². The minimum atomic E-state index is -2.09. The van der Waals surface area contributed by atoms with E-state index < -0.39 is 43.3 Å². The van der Waals surface area contributed by atoms with Gasteiger partial charge < -0.3 is 35.4 Å². The Hall–Kier alpha value is -1.03. The van der Waals surface area contributed by atoms with Crippen LogP contribution in [0.4, 0.5) is 0 Å². The third-order valence-corrected chi connectivity index (χ3v) is 2.56. The lowest BCUT2D eigenvalue weighted by atomic mass is 10.0. The zero-order valence-corrected chi connectivity index (χ0v) is 10.7. The van der Waals surface area contributed by atoms with Crippen LogP contribution in [-0.4, -0.2) is 73.9 Å². The van der Waals surface area contributed by atoms with Gasteiger partial charge in [-0.15, -0.1) is 0 Å². The summed E-state index contributed by atoms with van der Waals surface area (Å²) in [5.41, 5.74) is 0.177. The maximum atomic E-state index is 11.3. The molecule has 0 aliphatic heterocycles. The predicted molar refractivity (Wildman–Crippen MR) is 62.6 cm³/mol. The molecule has 0 aliphatic carbocycles. The van der Waals surface area contributed by atoms with Gasteiger partial charge in [0.05, 0.1) is 6.61 Å². The number of carbonyl (C=O) groups excluding carboxylic acids is 1. The van der Waals surface area contributed by atoms with Crippen LogP contribution < -0.4 is 0 Å². The molecule has 0 rings (SSSR count). The highest BCUT2D eigenvalue weighted by Gasteiger charge is 2.35. The largest absolute Gasteiger partial charge is 0.430 e. The van der Waals surface area contributed by atoms with Gasteiger partial charge in [0.2, 0.25) is 6.29 Å². The summed E-state index contributed by atoms with van der Waals surface area (Å²) in [4.78, 5) is 11.3. The monoisotopic (exact) mass is 280 g/mol. The number of rotatable bonds is 7. The van der Waals surface area contributed by atoms with Gasteiger partial charge in [0.25, 0.3) is 0 Å². The fraction of sp³-hybridized carbons (Fsp3) is 0.727. The molecule has 8 nitrogen and oxygen atoms in total. The molecule has 0 amide bonds. The van der Waals surface area contributed by atoms with Crippen LogP contribution >= 0.6 is 0 Å². The molecule has 0 bridgehead atoms. The third-order valence-electron chi connectivity index (χ3n) is 2.56. The van der Waals surface area contributed by atoms with Gasteiger partial charge in [-0.2, -0.15) is 0 Å². The quantitative estimate of drug-likeness (QED) is 0.167. The van der Waals surface area contributed by atoms with Gasteiger partial charge in [-0.1, -0.05) is 6.08 Å². The van der Waals surface area contributed by atoms with Crippen molar-refractivity contribution in [3.05, 3.63) is 11.6 Å². The first-order valence-electron chi connectivity index (χ1n) is 5.61. The minimum Gasteiger partial charge on any atom is -0.430 e. The van der Waals surface area contributed by atoms with Gasteiger partial charge in [-0.25, -0.2) is 4.79 Å². The summed E-state index contributed by atoms with van der Waals surface area (Å²) in [5.74, 6) is -0.904. The number of aliphatic hydroxyl groups excluding tert-OH is 6. The van der Waals surface area contributed by atoms with E-state index in [4.69, 9.17) is 10.2 Å². The van der Waals surface area contributed by atoms with Crippen molar-refractivity contribution in [2.75, 3.05) is 6.61 Å². The number of esters is 1. The van der Waals surface area contributed by atoms with Gasteiger partial charge in [0.1, 0.15) is 24.4 Å². The Bertz CT molecular complexity index is 316. The lowest BCUT2D eigenvalue weighted by Crippen LogP contribution is -2.51. The maximum absolute atomic E-state index is 11.3. The molecule has 0 aromatic heterocycles. The van der Waals surface area contributed by atoms with Crippen molar-refractivity contribution in [1.82, 2.24) is 0 Å². The first-order chi connectivity index (χ1) is 8.76. The van der Waals surface area contributed by atoms with Crippen molar-refractivity contribution < 1.29 is 40.2 Å². The molecule has 8 heteroatoms. The van der Waals surface area contributed by atoms with E-state index in [0.717, 1.165) is 0 Å². The van der Waals surface area contributed by atoms with Gasteiger partial charge in [0.15, 0.2) is 0 Å². The first-order valence-corrected chi connectivity index (χ1v) is 5.61. The average Bonchev–Trinajstić information content (AvgIpc) is 2.42. The van der Waals surface area contributed by atoms with Crippen LogP contribution in [0, 0.1) is 0 Å². The molecule has 6 N–H and O–H groups in total. The fourth-order valence-electron chi connectivity index (χ4n) is 1.10. The normalized spacial score (nSPS) is 20.3. The van der Waals surface area contributed by atoms with E-state index in [2.05, 4.69) is 4.74 Å². The Balaban J connectivity index is 4.56. The molecule has 0 saturated heterocycles. The summed E-state index contributed by atoms with van der Waals surface area (Å²) < 4.78 is 4.43. The molecule has 0 radical (unpaired) electrons. The summed E-state index contributed by atoms with van der Waals surface area (Å²) >= 11 is 0. The molecule has 0 saturated carbocycles. The molecule has 0 heterocycles. The maximum Gasteiger partial charge on any atom is 0.335 e. The molecule has 19 heavy (non-hydrogen) atoms. The number of ether oxygens (including phenoxy) is 1. The second kappa shape index (κ2) is 8.20. The molecule has 5 atom stereocenters. The fourth-order valence-corrected chi connectivity index (χ4v) is 1.10. The SMILES string of the molecule is CC=C(C)C(=O)OC(O)[C@H](O)[C@@H](O)[C@H](O)[C@H](O)CO. The summed E-state index contributed by atoms with van der Waals surface area (Å²) in [5, 5.41) is 55.2. The molecule has 0 aromatic rings. The Morgan fingerprint density at radius 2 is 1.63 bits per heavy atom. The van der Waals surface area contributed by atoms with E-state index in [1.54, 1.807) is 6.92 Å². The van der Waals surface area contributed by atoms with Crippen LogP contribution in [0.5, 0.6) is 0 Å². The minimum absolute atomic E-state index is 0.177. The summed E-state index contributed by atoms with van der Waals surface area (Å²) in [7, 11) is 0. The number of allylic oxidation sites excluding steroid dienone is 1. The Labute approximate surface area is 110 Å². The van der Waals surface area contributed by atoms with Crippen molar-refractivity contribution in [1.29, 1.82) is 0 Å². The Morgan fingerprint density at radius 3 is 2.05 bits per heavy atom. The van der Waals surface area contributed by atoms with E-state index in [1.165, 1.54) is 13.0 Å². The highest BCUT2D eigenvalue weighted by atomic mass is 16.6. The Morgan fingerprint density at radius 1 is 1.11 bits per heavy atom. The zero-order valence-electron chi connectivity index (χ0n) is 10.7. The molecular formula is C11H20O8. The van der Waals surface area contributed by atoms with E-state index >= 15 is 0 Å². The summed E-state index contributed by atoms with van der Waals surface area (Å²) in [6.45, 7) is 2.14. The van der Waals surface area contributed by atoms with Crippen LogP contribution in [0.2, 0.25) is 0 Å². The van der Waals surface area contributed by atoms with Crippen molar-refractivity contribution >= 4 is 5.97 Å². The van der Waals surface area contributed by atoms with Gasteiger partial charge in [0, 0.05) is 5.57 Å². The topological polar surface area (TPSA) is 148 Å². The Kier molecular flexibility index (Phi) is 7.76. The second-order valence-electron chi connectivity index (χ2n) is 3.99. The summed E-state index contributed by atoms with van der Waals surface area (Å²) in [6, 6.07) is 0. The van der Waals surface area contributed by atoms with Gasteiger partial charge in [-0.3, -0.25) is 0 Å². The lowest BCUT2D eigenvalue weighted by Gasteiger charge is -2.28. The lowest BCUT2D eigenvalue weighted by molar-refractivity contribution is -0.211. The number of hydrogen-bond donors (Lipinski definition) is 6. The molecule has 0 aliphatic rings. The van der Waals surface area contributed by atoms with Crippen LogP contribution in [-0.2, 0) is 9.53 Å². The highest BCUT2D eigenvalue weighted by molar-refractivity contribution is 5.87. The highest BCUT2D eigenvalue weighted by Crippen LogP contribution is 2.11. The van der Waals surface area contributed by atoms with E-state index in [9.17, 15) is 25.2 Å². The summed E-state index contributed by atoms with van der Waals surface area (Å²) in [6.07, 6.45) is -8.32. The van der Waals surface area contributed by atoms with Crippen molar-refractivity contribution in [2.24, 2.45) is 0 Å². The molecular weight excluding hydrogens is 260 g/mol. The number of aliphatic hydroxyl groups is 6. The van der Waals surface area contributed by atoms with Crippen molar-refractivity contribution in [2.45, 2.75) is 44.6 Å². The first kappa shape index (κ1) is 18.0. The molecule has 1 unspecified atom stereocenters. The van der Waals surface area contributed by atoms with E-state index in [-0.39, 0.29) is 5.57 Å². The molecule has 0 aromatic carbocycles. The molecule has 0 spiro atoms. The smallest absolute Gasteiger partial charge is 0.335 e. The average molecular weight is 280 g/mol. The van der Waals surface area contributed by atoms with E-state index in [0.29, 0.717) is 0 Å². The predicted octanol–water partition coefficient (Wildman–Crippen LogP) is -2.75. The van der Waals surface area contributed by atoms with Crippen LogP contribution in [0.1, 0.15) is 13.8 Å².